The van der Waals surface area contributed by atoms with Crippen molar-refractivity contribution in [2.75, 3.05) is 20.6 Å². The first kappa shape index (κ1) is 15.7. The van der Waals surface area contributed by atoms with Crippen molar-refractivity contribution in [1.82, 2.24) is 24.6 Å². The highest BCUT2D eigenvalue weighted by molar-refractivity contribution is 5.94. The summed E-state index contributed by atoms with van der Waals surface area (Å²) in [6, 6.07) is 5.90. The van der Waals surface area contributed by atoms with E-state index in [1.54, 1.807) is 12.4 Å². The van der Waals surface area contributed by atoms with Gasteiger partial charge >= 0.3 is 0 Å². The largest absolute Gasteiger partial charge is 0.328 e. The van der Waals surface area contributed by atoms with Crippen molar-refractivity contribution in [3.8, 4) is 0 Å². The Kier molecular flexibility index (Phi) is 4.43. The standard InChI is InChI=1S/C17H23N5O/c1-13-4-5-14(10-18-13)17(23)21-12-16-6-8-19-22(16)9-7-15(21)11-20(2)3/h4-6,8,10,15H,7,9,11-12H2,1-3H3/t15-/m0/s1. The van der Waals surface area contributed by atoms with E-state index in [4.69, 9.17) is 0 Å². The van der Waals surface area contributed by atoms with Crippen molar-refractivity contribution in [1.29, 1.82) is 0 Å². The molecule has 0 unspecified atom stereocenters. The third-order valence-corrected chi connectivity index (χ3v) is 4.25. The van der Waals surface area contributed by atoms with Crippen molar-refractivity contribution in [3.63, 3.8) is 0 Å². The molecular formula is C17H23N5O. The Morgan fingerprint density at radius 1 is 1.35 bits per heavy atom. The average Bonchev–Trinajstić information content (AvgIpc) is 2.89. The smallest absolute Gasteiger partial charge is 0.256 e. The van der Waals surface area contributed by atoms with E-state index in [9.17, 15) is 4.79 Å². The molecule has 122 valence electrons. The van der Waals surface area contributed by atoms with Gasteiger partial charge in [0, 0.05) is 37.2 Å². The number of carbonyl (C=O) groups excluding carboxylic acids is 1. The molecule has 1 atom stereocenters. The fourth-order valence-electron chi connectivity index (χ4n) is 3.04. The molecule has 6 nitrogen and oxygen atoms in total. The molecule has 0 fully saturated rings. The third-order valence-electron chi connectivity index (χ3n) is 4.25. The molecule has 3 rings (SSSR count). The van der Waals surface area contributed by atoms with Gasteiger partial charge in [-0.25, -0.2) is 0 Å². The molecule has 6 heteroatoms. The van der Waals surface area contributed by atoms with E-state index in [0.717, 1.165) is 30.9 Å². The fraction of sp³-hybridized carbons (Fsp3) is 0.471. The van der Waals surface area contributed by atoms with Crippen LogP contribution in [-0.2, 0) is 13.1 Å². The minimum absolute atomic E-state index is 0.0407. The summed E-state index contributed by atoms with van der Waals surface area (Å²) in [5, 5.41) is 4.36. The maximum atomic E-state index is 13.0. The number of pyridine rings is 1. The number of amides is 1. The van der Waals surface area contributed by atoms with E-state index in [0.29, 0.717) is 12.1 Å². The zero-order chi connectivity index (χ0) is 16.4. The Morgan fingerprint density at radius 2 is 2.17 bits per heavy atom. The number of hydrogen-bond acceptors (Lipinski definition) is 4. The Hall–Kier alpha value is -2.21. The van der Waals surface area contributed by atoms with Crippen LogP contribution in [0, 0.1) is 6.92 Å². The van der Waals surface area contributed by atoms with Crippen molar-refractivity contribution in [2.45, 2.75) is 32.5 Å². The van der Waals surface area contributed by atoms with Crippen LogP contribution in [0.15, 0.2) is 30.6 Å². The Balaban J connectivity index is 1.90. The van der Waals surface area contributed by atoms with Crippen LogP contribution in [0.2, 0.25) is 0 Å². The minimum Gasteiger partial charge on any atom is -0.328 e. The van der Waals surface area contributed by atoms with Crippen LogP contribution in [0.5, 0.6) is 0 Å². The third kappa shape index (κ3) is 3.42. The SMILES string of the molecule is Cc1ccc(C(=O)N2Cc3ccnn3CC[C@H]2CN(C)C)cn1. The van der Waals surface area contributed by atoms with E-state index >= 15 is 0 Å². The number of fused-ring (bicyclic) bond motifs is 1. The van der Waals surface area contributed by atoms with E-state index in [1.165, 1.54) is 0 Å². The predicted molar refractivity (Wildman–Crippen MR) is 88.0 cm³/mol. The molecule has 0 aromatic carbocycles. The van der Waals surface area contributed by atoms with Gasteiger partial charge in [-0.15, -0.1) is 0 Å². The predicted octanol–water partition coefficient (Wildman–Crippen LogP) is 1.56. The molecule has 0 radical (unpaired) electrons. The van der Waals surface area contributed by atoms with E-state index in [-0.39, 0.29) is 11.9 Å². The first-order chi connectivity index (χ1) is 11.0. The van der Waals surface area contributed by atoms with Crippen LogP contribution in [0.1, 0.15) is 28.2 Å². The van der Waals surface area contributed by atoms with E-state index < -0.39 is 0 Å². The second kappa shape index (κ2) is 6.50. The van der Waals surface area contributed by atoms with Gasteiger partial charge in [0.2, 0.25) is 0 Å². The van der Waals surface area contributed by atoms with Crippen LogP contribution in [0.25, 0.3) is 0 Å². The zero-order valence-electron chi connectivity index (χ0n) is 13.9. The van der Waals surface area contributed by atoms with Crippen LogP contribution in [0.4, 0.5) is 0 Å². The molecule has 23 heavy (non-hydrogen) atoms. The first-order valence-electron chi connectivity index (χ1n) is 7.93. The van der Waals surface area contributed by atoms with Gasteiger partial charge in [-0.3, -0.25) is 14.5 Å². The fourth-order valence-corrected chi connectivity index (χ4v) is 3.04. The Labute approximate surface area is 136 Å². The number of nitrogens with zero attached hydrogens (tertiary/aromatic N) is 5. The highest BCUT2D eigenvalue weighted by Gasteiger charge is 2.29. The summed E-state index contributed by atoms with van der Waals surface area (Å²) in [4.78, 5) is 21.4. The molecule has 0 bridgehead atoms. The highest BCUT2D eigenvalue weighted by Crippen LogP contribution is 2.20. The highest BCUT2D eigenvalue weighted by atomic mass is 16.2. The molecular weight excluding hydrogens is 290 g/mol. The average molecular weight is 313 g/mol. The number of likely N-dealkylation sites (N-methyl/N-ethyl adjacent to an activating group) is 1. The monoisotopic (exact) mass is 313 g/mol. The molecule has 2 aromatic heterocycles. The van der Waals surface area contributed by atoms with E-state index in [2.05, 4.69) is 15.0 Å². The second-order valence-corrected chi connectivity index (χ2v) is 6.37. The normalized spacial score (nSPS) is 17.9. The van der Waals surface area contributed by atoms with Crippen LogP contribution < -0.4 is 0 Å². The Morgan fingerprint density at radius 3 is 2.87 bits per heavy atom. The molecule has 1 aliphatic rings. The first-order valence-corrected chi connectivity index (χ1v) is 7.93. The molecule has 1 aliphatic heterocycles. The van der Waals surface area contributed by atoms with Gasteiger partial charge in [-0.1, -0.05) is 0 Å². The number of carbonyl (C=O) groups is 1. The summed E-state index contributed by atoms with van der Waals surface area (Å²) in [5.41, 5.74) is 2.65. The number of rotatable bonds is 3. The summed E-state index contributed by atoms with van der Waals surface area (Å²) >= 11 is 0. The van der Waals surface area contributed by atoms with Crippen molar-refractivity contribution < 1.29 is 4.79 Å². The lowest BCUT2D eigenvalue weighted by atomic mass is 10.1. The molecule has 0 saturated heterocycles. The lowest BCUT2D eigenvalue weighted by Gasteiger charge is -2.31. The van der Waals surface area contributed by atoms with Crippen LogP contribution >= 0.6 is 0 Å². The number of hydrogen-bond donors (Lipinski definition) is 0. The summed E-state index contributed by atoms with van der Waals surface area (Å²) in [7, 11) is 4.08. The lowest BCUT2D eigenvalue weighted by molar-refractivity contribution is 0.0626. The van der Waals surface area contributed by atoms with Gasteiger partial charge in [-0.05, 0) is 45.6 Å². The van der Waals surface area contributed by atoms with E-state index in [1.807, 2.05) is 48.8 Å². The second-order valence-electron chi connectivity index (χ2n) is 6.37. The van der Waals surface area contributed by atoms with Gasteiger partial charge in [0.05, 0.1) is 17.8 Å². The molecule has 0 aliphatic carbocycles. The maximum Gasteiger partial charge on any atom is 0.256 e. The minimum atomic E-state index is 0.0407. The maximum absolute atomic E-state index is 13.0. The summed E-state index contributed by atoms with van der Waals surface area (Å²) in [6.45, 7) is 4.20. The summed E-state index contributed by atoms with van der Waals surface area (Å²) in [6.07, 6.45) is 4.38. The lowest BCUT2D eigenvalue weighted by Crippen LogP contribution is -2.44. The molecule has 1 amide bonds. The van der Waals surface area contributed by atoms with Crippen LogP contribution in [-0.4, -0.2) is 57.2 Å². The zero-order valence-corrected chi connectivity index (χ0v) is 13.9. The number of aromatic nitrogens is 3. The molecule has 0 N–H and O–H groups in total. The van der Waals surface area contributed by atoms with Gasteiger partial charge < -0.3 is 9.80 Å². The molecule has 0 spiro atoms. The molecule has 2 aromatic rings. The van der Waals surface area contributed by atoms with Gasteiger partial charge in [-0.2, -0.15) is 5.10 Å². The van der Waals surface area contributed by atoms with Gasteiger partial charge in [0.15, 0.2) is 0 Å². The quantitative estimate of drug-likeness (QED) is 0.863. The molecule has 3 heterocycles. The summed E-state index contributed by atoms with van der Waals surface area (Å²) in [5.74, 6) is 0.0407. The Bertz CT molecular complexity index is 677. The van der Waals surface area contributed by atoms with Gasteiger partial charge in [0.25, 0.3) is 5.91 Å². The number of aryl methyl sites for hydroxylation is 2. The van der Waals surface area contributed by atoms with Crippen molar-refractivity contribution in [2.24, 2.45) is 0 Å². The van der Waals surface area contributed by atoms with Crippen molar-refractivity contribution >= 4 is 5.91 Å². The molecule has 0 saturated carbocycles. The van der Waals surface area contributed by atoms with Gasteiger partial charge in [0.1, 0.15) is 0 Å². The van der Waals surface area contributed by atoms with Crippen LogP contribution in [0.3, 0.4) is 0 Å². The summed E-state index contributed by atoms with van der Waals surface area (Å²) < 4.78 is 2.00. The topological polar surface area (TPSA) is 54.3 Å². The van der Waals surface area contributed by atoms with Crippen molar-refractivity contribution in [3.05, 3.63) is 47.5 Å².